The highest BCUT2D eigenvalue weighted by Crippen LogP contribution is 2.43. The van der Waals surface area contributed by atoms with Crippen LogP contribution in [0.15, 0.2) is 146 Å². The Bertz CT molecular complexity index is 1960. The zero-order chi connectivity index (χ0) is 39.1. The molecule has 0 saturated carbocycles. The van der Waals surface area contributed by atoms with E-state index in [4.69, 9.17) is 0 Å². The van der Waals surface area contributed by atoms with Gasteiger partial charge in [0.25, 0.3) is 0 Å². The van der Waals surface area contributed by atoms with Crippen molar-refractivity contribution in [2.45, 2.75) is 24.7 Å². The zero-order valence-electron chi connectivity index (χ0n) is 27.3. The van der Waals surface area contributed by atoms with Crippen LogP contribution in [0.3, 0.4) is 0 Å². The molecule has 0 fully saturated rings. The van der Waals surface area contributed by atoms with Crippen LogP contribution in [0, 0.1) is 0 Å². The van der Waals surface area contributed by atoms with Crippen molar-refractivity contribution in [2.24, 2.45) is 0 Å². The van der Waals surface area contributed by atoms with Crippen LogP contribution in [0.1, 0.15) is 22.3 Å². The Morgan fingerprint density at radius 2 is 0.481 bits per heavy atom. The largest absolute Gasteiger partial charge is 0.416 e. The number of alkyl halides is 12. The van der Waals surface area contributed by atoms with Gasteiger partial charge in [0.05, 0.1) is 22.3 Å². The van der Waals surface area contributed by atoms with E-state index in [9.17, 15) is 52.7 Å². The number of rotatable bonds is 7. The topological polar surface area (TPSA) is 6.48 Å². The molecule has 6 aromatic carbocycles. The summed E-state index contributed by atoms with van der Waals surface area (Å²) in [6, 6.07) is 28.6. The lowest BCUT2D eigenvalue weighted by molar-refractivity contribution is -0.138. The summed E-state index contributed by atoms with van der Waals surface area (Å²) < 4.78 is 164. The molecule has 0 unspecified atom stereocenters. The summed E-state index contributed by atoms with van der Waals surface area (Å²) in [7, 11) is 0. The monoisotopic (exact) mass is 760 g/mol. The summed E-state index contributed by atoms with van der Waals surface area (Å²) in [4.78, 5) is 2.47. The lowest BCUT2D eigenvalue weighted by atomic mass is 10.0. The van der Waals surface area contributed by atoms with Crippen molar-refractivity contribution in [3.63, 3.8) is 0 Å². The van der Waals surface area contributed by atoms with E-state index in [2.05, 4.69) is 0 Å². The molecule has 0 N–H and O–H groups in total. The number of nitrogens with zero attached hydrogens (tertiary/aromatic N) is 2. The molecule has 6 aromatic rings. The van der Waals surface area contributed by atoms with Gasteiger partial charge in [0.1, 0.15) is 0 Å². The van der Waals surface area contributed by atoms with Crippen LogP contribution >= 0.6 is 0 Å². The molecule has 0 saturated heterocycles. The molecule has 0 amide bonds. The SMILES string of the molecule is FC(F)(F)c1cccc(N(c2ccc(-c3ccc(N(c4cccc(C(F)(F)F)c4)c4cccc(C(F)(F)F)c4)cc3)cc2)c2cccc(C(F)(F)F)c2)c1. The van der Waals surface area contributed by atoms with Gasteiger partial charge in [-0.3, -0.25) is 0 Å². The van der Waals surface area contributed by atoms with Gasteiger partial charge in [0.15, 0.2) is 0 Å². The van der Waals surface area contributed by atoms with Crippen LogP contribution in [0.25, 0.3) is 11.1 Å². The van der Waals surface area contributed by atoms with E-state index in [0.29, 0.717) is 11.1 Å². The van der Waals surface area contributed by atoms with Gasteiger partial charge in [0.2, 0.25) is 0 Å². The highest BCUT2D eigenvalue weighted by atomic mass is 19.4. The number of anilines is 6. The van der Waals surface area contributed by atoms with Crippen LogP contribution in [0.5, 0.6) is 0 Å². The maximum absolute atomic E-state index is 13.6. The first-order valence-corrected chi connectivity index (χ1v) is 15.8. The standard InChI is InChI=1S/C40H24F12N2/c41-37(42,43)27-5-1-9-33(21-27)53(34-10-2-6-28(22-34)38(44,45)46)31-17-13-25(14-18-31)26-15-19-32(20-16-26)54(35-11-3-7-29(23-35)39(47,48)49)36-12-4-8-30(24-36)40(50,51)52/h1-24H. The zero-order valence-corrected chi connectivity index (χ0v) is 27.3. The fourth-order valence-corrected chi connectivity index (χ4v) is 5.79. The van der Waals surface area contributed by atoms with E-state index in [1.807, 2.05) is 0 Å². The van der Waals surface area contributed by atoms with Gasteiger partial charge < -0.3 is 9.80 Å². The van der Waals surface area contributed by atoms with Crippen molar-refractivity contribution in [1.29, 1.82) is 0 Å². The predicted octanol–water partition coefficient (Wildman–Crippen LogP) is 14.4. The van der Waals surface area contributed by atoms with Crippen molar-refractivity contribution in [1.82, 2.24) is 0 Å². The fraction of sp³-hybridized carbons (Fsp3) is 0.100. The van der Waals surface area contributed by atoms with Crippen LogP contribution in [0.2, 0.25) is 0 Å². The highest BCUT2D eigenvalue weighted by molar-refractivity contribution is 5.81. The summed E-state index contributed by atoms with van der Waals surface area (Å²) in [6.07, 6.45) is -18.9. The molecule has 2 nitrogen and oxygen atoms in total. The third-order valence-corrected chi connectivity index (χ3v) is 8.31. The summed E-state index contributed by atoms with van der Waals surface area (Å²) in [6.45, 7) is 0. The van der Waals surface area contributed by atoms with Gasteiger partial charge in [0, 0.05) is 34.1 Å². The minimum absolute atomic E-state index is 0.0643. The minimum atomic E-state index is -4.73. The number of halogens is 12. The van der Waals surface area contributed by atoms with Crippen LogP contribution in [-0.2, 0) is 24.7 Å². The van der Waals surface area contributed by atoms with Crippen molar-refractivity contribution >= 4 is 34.1 Å². The third kappa shape index (κ3) is 8.32. The number of benzene rings is 6. The van der Waals surface area contributed by atoms with Gasteiger partial charge in [-0.1, -0.05) is 48.5 Å². The van der Waals surface area contributed by atoms with E-state index in [1.165, 1.54) is 58.3 Å². The molecule has 0 aliphatic heterocycles. The summed E-state index contributed by atoms with van der Waals surface area (Å²) in [5.41, 5.74) is -2.83. The molecule has 278 valence electrons. The predicted molar refractivity (Wildman–Crippen MR) is 181 cm³/mol. The average Bonchev–Trinajstić information content (AvgIpc) is 3.12. The van der Waals surface area contributed by atoms with Gasteiger partial charge in [-0.05, 0) is 108 Å². The quantitative estimate of drug-likeness (QED) is 0.150. The van der Waals surface area contributed by atoms with Gasteiger partial charge in [-0.2, -0.15) is 52.7 Å². The number of hydrogen-bond acceptors (Lipinski definition) is 2. The van der Waals surface area contributed by atoms with E-state index in [-0.39, 0.29) is 34.1 Å². The molecule has 6 rings (SSSR count). The normalized spacial score (nSPS) is 12.4. The Hall–Kier alpha value is -5.92. The average molecular weight is 761 g/mol. The summed E-state index contributed by atoms with van der Waals surface area (Å²) >= 11 is 0. The van der Waals surface area contributed by atoms with Gasteiger partial charge >= 0.3 is 24.7 Å². The molecule has 0 bridgehead atoms. The van der Waals surface area contributed by atoms with Crippen molar-refractivity contribution in [3.05, 3.63) is 168 Å². The second-order valence-electron chi connectivity index (χ2n) is 12.0. The molecule has 0 aliphatic carbocycles. The van der Waals surface area contributed by atoms with Crippen molar-refractivity contribution in [3.8, 4) is 11.1 Å². The Labute approximate surface area is 300 Å². The molecule has 0 atom stereocenters. The molecular formula is C40H24F12N2. The van der Waals surface area contributed by atoms with Crippen LogP contribution in [-0.4, -0.2) is 0 Å². The first kappa shape index (κ1) is 37.8. The smallest absolute Gasteiger partial charge is 0.310 e. The van der Waals surface area contributed by atoms with E-state index in [0.717, 1.165) is 72.8 Å². The maximum atomic E-state index is 13.6. The first-order chi connectivity index (χ1) is 25.3. The van der Waals surface area contributed by atoms with E-state index in [1.54, 1.807) is 24.3 Å². The second-order valence-corrected chi connectivity index (χ2v) is 12.0. The molecular weight excluding hydrogens is 736 g/mol. The Balaban J connectivity index is 1.39. The summed E-state index contributed by atoms with van der Waals surface area (Å²) in [5.74, 6) is 0. The summed E-state index contributed by atoms with van der Waals surface area (Å²) in [5, 5.41) is 0. The molecule has 54 heavy (non-hydrogen) atoms. The number of hydrogen-bond donors (Lipinski definition) is 0. The Kier molecular flexibility index (Phi) is 9.91. The van der Waals surface area contributed by atoms with E-state index < -0.39 is 47.0 Å². The molecule has 0 radical (unpaired) electrons. The molecule has 14 heteroatoms. The van der Waals surface area contributed by atoms with Crippen LogP contribution < -0.4 is 9.80 Å². The fourth-order valence-electron chi connectivity index (χ4n) is 5.79. The van der Waals surface area contributed by atoms with Gasteiger partial charge in [-0.15, -0.1) is 0 Å². The van der Waals surface area contributed by atoms with Crippen LogP contribution in [0.4, 0.5) is 86.8 Å². The lowest BCUT2D eigenvalue weighted by Crippen LogP contribution is -2.14. The second kappa shape index (κ2) is 14.1. The molecule has 0 spiro atoms. The first-order valence-electron chi connectivity index (χ1n) is 15.8. The molecule has 0 heterocycles. The Morgan fingerprint density at radius 3 is 0.685 bits per heavy atom. The third-order valence-electron chi connectivity index (χ3n) is 8.31. The maximum Gasteiger partial charge on any atom is 0.416 e. The molecule has 0 aliphatic rings. The Morgan fingerprint density at radius 1 is 0.259 bits per heavy atom. The lowest BCUT2D eigenvalue weighted by Gasteiger charge is -2.27. The van der Waals surface area contributed by atoms with Crippen molar-refractivity contribution in [2.75, 3.05) is 9.80 Å². The van der Waals surface area contributed by atoms with E-state index >= 15 is 0 Å². The highest BCUT2D eigenvalue weighted by Gasteiger charge is 2.34. The van der Waals surface area contributed by atoms with Gasteiger partial charge in [-0.25, -0.2) is 0 Å². The minimum Gasteiger partial charge on any atom is -0.310 e. The molecule has 0 aromatic heterocycles. The van der Waals surface area contributed by atoms with Crippen molar-refractivity contribution < 1.29 is 52.7 Å².